The van der Waals surface area contributed by atoms with Crippen molar-refractivity contribution in [2.45, 2.75) is 6.92 Å². The zero-order valence-corrected chi connectivity index (χ0v) is 14.8. The van der Waals surface area contributed by atoms with E-state index < -0.39 is 5.97 Å². The van der Waals surface area contributed by atoms with Crippen molar-refractivity contribution < 1.29 is 14.3 Å². The molecule has 0 aliphatic rings. The number of ether oxygens (including phenoxy) is 2. The van der Waals surface area contributed by atoms with Crippen LogP contribution in [0.15, 0.2) is 17.2 Å². The van der Waals surface area contributed by atoms with Crippen LogP contribution in [-0.4, -0.2) is 31.4 Å². The van der Waals surface area contributed by atoms with Crippen molar-refractivity contribution in [2.75, 3.05) is 19.6 Å². The maximum atomic E-state index is 11.5. The van der Waals surface area contributed by atoms with E-state index in [9.17, 15) is 4.79 Å². The Morgan fingerprint density at radius 1 is 1.35 bits per heavy atom. The van der Waals surface area contributed by atoms with Crippen LogP contribution in [-0.2, 0) is 4.74 Å². The Morgan fingerprint density at radius 2 is 2.00 bits per heavy atom. The van der Waals surface area contributed by atoms with Gasteiger partial charge in [0, 0.05) is 0 Å². The number of thiazole rings is 1. The SMILES string of the molecule is COC(=O)c1sc(N/N=C\c2cc(Cl)c(OC)c(Cl)c2)nc1C. The van der Waals surface area contributed by atoms with Crippen LogP contribution in [0.2, 0.25) is 10.0 Å². The minimum Gasteiger partial charge on any atom is -0.494 e. The van der Waals surface area contributed by atoms with Crippen LogP contribution < -0.4 is 10.2 Å². The molecule has 23 heavy (non-hydrogen) atoms. The maximum absolute atomic E-state index is 11.5. The highest BCUT2D eigenvalue weighted by Gasteiger charge is 2.15. The van der Waals surface area contributed by atoms with E-state index in [1.165, 1.54) is 20.4 Å². The smallest absolute Gasteiger partial charge is 0.350 e. The first-order valence-electron chi connectivity index (χ1n) is 6.34. The fourth-order valence-corrected chi connectivity index (χ4v) is 3.23. The summed E-state index contributed by atoms with van der Waals surface area (Å²) in [4.78, 5) is 16.1. The van der Waals surface area contributed by atoms with Crippen LogP contribution in [0.3, 0.4) is 0 Å². The van der Waals surface area contributed by atoms with Gasteiger partial charge in [0.2, 0.25) is 5.13 Å². The summed E-state index contributed by atoms with van der Waals surface area (Å²) >= 11 is 13.3. The molecule has 122 valence electrons. The molecule has 2 rings (SSSR count). The summed E-state index contributed by atoms with van der Waals surface area (Å²) < 4.78 is 9.75. The Hall–Kier alpha value is -1.83. The van der Waals surface area contributed by atoms with Crippen LogP contribution in [0.25, 0.3) is 0 Å². The lowest BCUT2D eigenvalue weighted by atomic mass is 10.2. The standard InChI is InChI=1S/C14H13Cl2N3O3S/c1-7-12(13(20)22-3)23-14(18-7)19-17-6-8-4-9(15)11(21-2)10(16)5-8/h4-6H,1-3H3,(H,18,19)/b17-6-. The minimum atomic E-state index is -0.425. The van der Waals surface area contributed by atoms with E-state index in [0.717, 1.165) is 11.3 Å². The number of carbonyl (C=O) groups is 1. The molecule has 1 N–H and O–H groups in total. The number of rotatable bonds is 5. The van der Waals surface area contributed by atoms with Gasteiger partial charge in [-0.1, -0.05) is 34.5 Å². The molecular weight excluding hydrogens is 361 g/mol. The lowest BCUT2D eigenvalue weighted by Gasteiger charge is -2.06. The van der Waals surface area contributed by atoms with Crippen molar-refractivity contribution in [1.82, 2.24) is 4.98 Å². The van der Waals surface area contributed by atoms with Gasteiger partial charge in [-0.15, -0.1) is 0 Å². The molecule has 0 spiro atoms. The van der Waals surface area contributed by atoms with E-state index in [-0.39, 0.29) is 0 Å². The second-order valence-electron chi connectivity index (χ2n) is 4.31. The number of aromatic nitrogens is 1. The third-order valence-electron chi connectivity index (χ3n) is 2.77. The molecule has 0 fully saturated rings. The predicted molar refractivity (Wildman–Crippen MR) is 92.4 cm³/mol. The van der Waals surface area contributed by atoms with Gasteiger partial charge in [0.15, 0.2) is 5.75 Å². The van der Waals surface area contributed by atoms with Crippen LogP contribution >= 0.6 is 34.5 Å². The van der Waals surface area contributed by atoms with Crippen molar-refractivity contribution >= 4 is 51.9 Å². The second-order valence-corrected chi connectivity index (χ2v) is 6.13. The molecule has 0 unspecified atom stereocenters. The van der Waals surface area contributed by atoms with Crippen molar-refractivity contribution in [3.63, 3.8) is 0 Å². The Balaban J connectivity index is 2.12. The number of halogens is 2. The van der Waals surface area contributed by atoms with Crippen molar-refractivity contribution in [2.24, 2.45) is 5.10 Å². The summed E-state index contributed by atoms with van der Waals surface area (Å²) in [6.45, 7) is 1.72. The van der Waals surface area contributed by atoms with Crippen LogP contribution in [0.1, 0.15) is 20.9 Å². The summed E-state index contributed by atoms with van der Waals surface area (Å²) in [7, 11) is 2.82. The highest BCUT2D eigenvalue weighted by Crippen LogP contribution is 2.33. The number of anilines is 1. The number of esters is 1. The first-order chi connectivity index (χ1) is 11.0. The fourth-order valence-electron chi connectivity index (χ4n) is 1.74. The Kier molecular flexibility index (Phi) is 5.81. The summed E-state index contributed by atoms with van der Waals surface area (Å²) in [5, 5.41) is 5.31. The van der Waals surface area contributed by atoms with Gasteiger partial charge in [0.05, 0.1) is 36.2 Å². The Bertz CT molecular complexity index is 739. The third kappa shape index (κ3) is 4.13. The van der Waals surface area contributed by atoms with Gasteiger partial charge >= 0.3 is 5.97 Å². The lowest BCUT2D eigenvalue weighted by Crippen LogP contribution is -1.99. The summed E-state index contributed by atoms with van der Waals surface area (Å²) in [6, 6.07) is 3.34. The summed E-state index contributed by atoms with van der Waals surface area (Å²) in [6.07, 6.45) is 1.53. The molecule has 1 heterocycles. The number of carbonyl (C=O) groups excluding carboxylic acids is 1. The van der Waals surface area contributed by atoms with Crippen LogP contribution in [0.4, 0.5) is 5.13 Å². The number of nitrogens with one attached hydrogen (secondary N) is 1. The molecule has 1 aromatic heterocycles. The lowest BCUT2D eigenvalue weighted by molar-refractivity contribution is 0.0605. The number of methoxy groups -OCH3 is 2. The van der Waals surface area contributed by atoms with Crippen molar-refractivity contribution in [3.8, 4) is 5.75 Å². The minimum absolute atomic E-state index is 0.388. The van der Waals surface area contributed by atoms with Gasteiger partial charge < -0.3 is 9.47 Å². The second kappa shape index (κ2) is 7.63. The number of hydrogen-bond donors (Lipinski definition) is 1. The largest absolute Gasteiger partial charge is 0.494 e. The van der Waals surface area contributed by atoms with Crippen LogP contribution in [0.5, 0.6) is 5.75 Å². The van der Waals surface area contributed by atoms with E-state index in [2.05, 4.69) is 20.2 Å². The molecule has 0 radical (unpaired) electrons. The number of hydrazone groups is 1. The molecule has 0 saturated carbocycles. The average molecular weight is 374 g/mol. The van der Waals surface area contributed by atoms with Crippen molar-refractivity contribution in [1.29, 1.82) is 0 Å². The van der Waals surface area contributed by atoms with Crippen LogP contribution in [0, 0.1) is 6.92 Å². The number of benzene rings is 1. The molecule has 0 aliphatic carbocycles. The Morgan fingerprint density at radius 3 is 2.57 bits per heavy atom. The molecule has 0 amide bonds. The molecule has 6 nitrogen and oxygen atoms in total. The zero-order valence-electron chi connectivity index (χ0n) is 12.5. The highest BCUT2D eigenvalue weighted by atomic mass is 35.5. The first kappa shape index (κ1) is 17.5. The molecular formula is C14H13Cl2N3O3S. The van der Waals surface area contributed by atoms with E-state index in [1.54, 1.807) is 19.1 Å². The van der Waals surface area contributed by atoms with Gasteiger partial charge in [-0.3, -0.25) is 5.43 Å². The van der Waals surface area contributed by atoms with Crippen molar-refractivity contribution in [3.05, 3.63) is 38.3 Å². The van der Waals surface area contributed by atoms with Gasteiger partial charge in [0.25, 0.3) is 0 Å². The maximum Gasteiger partial charge on any atom is 0.350 e. The monoisotopic (exact) mass is 373 g/mol. The molecule has 0 bridgehead atoms. The zero-order chi connectivity index (χ0) is 17.0. The van der Waals surface area contributed by atoms with Gasteiger partial charge in [-0.05, 0) is 24.6 Å². The highest BCUT2D eigenvalue weighted by molar-refractivity contribution is 7.17. The molecule has 1 aromatic carbocycles. The van der Waals surface area contributed by atoms with Gasteiger partial charge in [-0.25, -0.2) is 9.78 Å². The average Bonchev–Trinajstić information content (AvgIpc) is 2.87. The number of nitrogens with zero attached hydrogens (tertiary/aromatic N) is 2. The number of hydrogen-bond acceptors (Lipinski definition) is 7. The quantitative estimate of drug-likeness (QED) is 0.487. The Labute approximate surface area is 147 Å². The summed E-state index contributed by atoms with van der Waals surface area (Å²) in [5.74, 6) is -0.0116. The molecule has 0 atom stereocenters. The fraction of sp³-hybridized carbons (Fsp3) is 0.214. The third-order valence-corrected chi connectivity index (χ3v) is 4.37. The molecule has 0 saturated heterocycles. The van der Waals surface area contributed by atoms with Gasteiger partial charge in [-0.2, -0.15) is 5.10 Å². The van der Waals surface area contributed by atoms with E-state index >= 15 is 0 Å². The summed E-state index contributed by atoms with van der Waals surface area (Å²) in [5.41, 5.74) is 4.02. The first-order valence-corrected chi connectivity index (χ1v) is 7.91. The molecule has 9 heteroatoms. The normalized spacial score (nSPS) is 10.8. The molecule has 2 aromatic rings. The topological polar surface area (TPSA) is 72.8 Å². The van der Waals surface area contributed by atoms with E-state index in [0.29, 0.717) is 37.1 Å². The van der Waals surface area contributed by atoms with E-state index in [4.69, 9.17) is 27.9 Å². The number of aryl methyl sites for hydroxylation is 1. The van der Waals surface area contributed by atoms with Gasteiger partial charge in [0.1, 0.15) is 4.88 Å². The van der Waals surface area contributed by atoms with E-state index in [1.807, 2.05) is 0 Å². The molecule has 0 aliphatic heterocycles. The predicted octanol–water partition coefficient (Wildman–Crippen LogP) is 4.00.